The number of alkyl halides is 3. The van der Waals surface area contributed by atoms with E-state index < -0.39 is 12.0 Å². The van der Waals surface area contributed by atoms with Gasteiger partial charge in [-0.05, 0) is 24.6 Å². The molecular weight excluding hydrogens is 317 g/mol. The molecule has 0 bridgehead atoms. The van der Waals surface area contributed by atoms with Crippen molar-refractivity contribution < 1.29 is 13.2 Å². The van der Waals surface area contributed by atoms with Gasteiger partial charge in [-0.25, -0.2) is 9.97 Å². The summed E-state index contributed by atoms with van der Waals surface area (Å²) >= 11 is 0. The molecule has 0 spiro atoms. The number of para-hydroxylation sites is 1. The lowest BCUT2D eigenvalue weighted by atomic mass is 10.2. The summed E-state index contributed by atoms with van der Waals surface area (Å²) in [5.74, 6) is -1.19. The second kappa shape index (κ2) is 6.27. The monoisotopic (exact) mass is 330 g/mol. The Balaban J connectivity index is 1.94. The van der Waals surface area contributed by atoms with E-state index in [0.717, 1.165) is 11.1 Å². The molecule has 2 aromatic carbocycles. The van der Waals surface area contributed by atoms with E-state index in [2.05, 4.69) is 20.5 Å². The minimum atomic E-state index is -4.62. The average molecular weight is 330 g/mol. The highest BCUT2D eigenvalue weighted by Crippen LogP contribution is 2.30. The van der Waals surface area contributed by atoms with Crippen molar-refractivity contribution in [3.05, 3.63) is 65.5 Å². The topological polar surface area (TPSA) is 50.2 Å². The average Bonchev–Trinajstić information content (AvgIpc) is 2.55. The maximum atomic E-state index is 12.9. The number of rotatable bonds is 3. The van der Waals surface area contributed by atoms with E-state index >= 15 is 0 Å². The van der Waals surface area contributed by atoms with Crippen LogP contribution in [-0.4, -0.2) is 16.2 Å². The summed E-state index contributed by atoms with van der Waals surface area (Å²) in [6, 6.07) is 14.0. The Morgan fingerprint density at radius 1 is 1.00 bits per heavy atom. The second-order valence-corrected chi connectivity index (χ2v) is 5.19. The third-order valence-corrected chi connectivity index (χ3v) is 3.32. The van der Waals surface area contributed by atoms with Crippen LogP contribution in [0.4, 0.5) is 19.0 Å². The number of hydrogen-bond donors (Lipinski definition) is 1. The van der Waals surface area contributed by atoms with Gasteiger partial charge in [0.05, 0.1) is 11.7 Å². The van der Waals surface area contributed by atoms with Crippen molar-refractivity contribution in [2.24, 2.45) is 5.10 Å². The molecule has 0 aliphatic rings. The number of halogens is 3. The third-order valence-electron chi connectivity index (χ3n) is 3.32. The number of hydrogen-bond acceptors (Lipinski definition) is 4. The fraction of sp³-hybridized carbons (Fsp3) is 0.118. The predicted octanol–water partition coefficient (Wildman–Crippen LogP) is 4.40. The first-order valence-electron chi connectivity index (χ1n) is 7.13. The van der Waals surface area contributed by atoms with Crippen molar-refractivity contribution in [2.45, 2.75) is 13.1 Å². The molecular formula is C17H13F3N4. The first kappa shape index (κ1) is 15.9. The molecule has 3 rings (SSSR count). The summed E-state index contributed by atoms with van der Waals surface area (Å²) in [7, 11) is 0. The van der Waals surface area contributed by atoms with Crippen LogP contribution in [0.15, 0.2) is 53.6 Å². The summed E-state index contributed by atoms with van der Waals surface area (Å²) in [5.41, 5.74) is 4.71. The summed E-state index contributed by atoms with van der Waals surface area (Å²) < 4.78 is 38.8. The molecule has 4 nitrogen and oxygen atoms in total. The van der Waals surface area contributed by atoms with E-state index in [9.17, 15) is 13.2 Å². The number of benzene rings is 2. The standard InChI is InChI=1S/C17H13F3N4/c1-11-6-8-12(9-7-11)10-21-24-15-13-4-2-3-5-14(13)22-16(23-15)17(18,19)20/h2-10H,1H3,(H,22,23,24)/b21-10+. The Morgan fingerprint density at radius 2 is 1.71 bits per heavy atom. The highest BCUT2D eigenvalue weighted by molar-refractivity contribution is 5.89. The molecule has 0 saturated heterocycles. The van der Waals surface area contributed by atoms with Crippen molar-refractivity contribution >= 4 is 22.9 Å². The quantitative estimate of drug-likeness (QED) is 0.572. The first-order valence-corrected chi connectivity index (χ1v) is 7.13. The Hall–Kier alpha value is -2.96. The van der Waals surface area contributed by atoms with Crippen molar-refractivity contribution in [3.63, 3.8) is 0 Å². The summed E-state index contributed by atoms with van der Waals surface area (Å²) in [5, 5.41) is 4.45. The second-order valence-electron chi connectivity index (χ2n) is 5.19. The molecule has 0 atom stereocenters. The zero-order valence-electron chi connectivity index (χ0n) is 12.7. The van der Waals surface area contributed by atoms with E-state index in [-0.39, 0.29) is 11.3 Å². The van der Waals surface area contributed by atoms with Crippen LogP contribution >= 0.6 is 0 Å². The van der Waals surface area contributed by atoms with E-state index in [1.807, 2.05) is 31.2 Å². The molecule has 0 radical (unpaired) electrons. The van der Waals surface area contributed by atoms with Crippen LogP contribution < -0.4 is 5.43 Å². The zero-order valence-corrected chi connectivity index (χ0v) is 12.7. The summed E-state index contributed by atoms with van der Waals surface area (Å²) in [6.07, 6.45) is -3.11. The van der Waals surface area contributed by atoms with E-state index in [1.54, 1.807) is 18.2 Å². The predicted molar refractivity (Wildman–Crippen MR) is 86.9 cm³/mol. The van der Waals surface area contributed by atoms with Gasteiger partial charge in [0.1, 0.15) is 0 Å². The van der Waals surface area contributed by atoms with Gasteiger partial charge >= 0.3 is 6.18 Å². The first-order chi connectivity index (χ1) is 11.4. The van der Waals surface area contributed by atoms with Crippen LogP contribution in [0.1, 0.15) is 17.0 Å². The molecule has 0 aliphatic carbocycles. The molecule has 0 unspecified atom stereocenters. The molecule has 122 valence electrons. The number of aromatic nitrogens is 2. The molecule has 7 heteroatoms. The van der Waals surface area contributed by atoms with Crippen molar-refractivity contribution in [1.82, 2.24) is 9.97 Å². The number of anilines is 1. The fourth-order valence-corrected chi connectivity index (χ4v) is 2.11. The minimum Gasteiger partial charge on any atom is -0.261 e. The Bertz CT molecular complexity index is 886. The number of aryl methyl sites for hydroxylation is 1. The van der Waals surface area contributed by atoms with Crippen LogP contribution in [0.2, 0.25) is 0 Å². The molecule has 3 aromatic rings. The highest BCUT2D eigenvalue weighted by Gasteiger charge is 2.35. The van der Waals surface area contributed by atoms with Gasteiger partial charge in [0, 0.05) is 5.39 Å². The summed E-state index contributed by atoms with van der Waals surface area (Å²) in [4.78, 5) is 7.11. The van der Waals surface area contributed by atoms with Gasteiger partial charge in [-0.3, -0.25) is 5.43 Å². The van der Waals surface area contributed by atoms with Gasteiger partial charge in [0.15, 0.2) is 5.82 Å². The zero-order chi connectivity index (χ0) is 17.2. The van der Waals surface area contributed by atoms with Crippen molar-refractivity contribution in [1.29, 1.82) is 0 Å². The molecule has 0 amide bonds. The Kier molecular flexibility index (Phi) is 4.16. The van der Waals surface area contributed by atoms with Crippen LogP contribution in [0.3, 0.4) is 0 Å². The van der Waals surface area contributed by atoms with Crippen molar-refractivity contribution in [2.75, 3.05) is 5.43 Å². The van der Waals surface area contributed by atoms with Gasteiger partial charge in [0.2, 0.25) is 5.82 Å². The smallest absolute Gasteiger partial charge is 0.261 e. The molecule has 0 aliphatic heterocycles. The van der Waals surface area contributed by atoms with Gasteiger partial charge in [0.25, 0.3) is 0 Å². The van der Waals surface area contributed by atoms with Crippen LogP contribution in [-0.2, 0) is 6.18 Å². The molecule has 24 heavy (non-hydrogen) atoms. The maximum absolute atomic E-state index is 12.9. The number of nitrogens with one attached hydrogen (secondary N) is 1. The highest BCUT2D eigenvalue weighted by atomic mass is 19.4. The molecule has 1 heterocycles. The van der Waals surface area contributed by atoms with Gasteiger partial charge in [-0.2, -0.15) is 18.3 Å². The van der Waals surface area contributed by atoms with Gasteiger partial charge < -0.3 is 0 Å². The molecule has 0 saturated carbocycles. The normalized spacial score (nSPS) is 12.0. The van der Waals surface area contributed by atoms with Gasteiger partial charge in [-0.1, -0.05) is 42.0 Å². The molecule has 1 N–H and O–H groups in total. The van der Waals surface area contributed by atoms with Crippen LogP contribution in [0.5, 0.6) is 0 Å². The van der Waals surface area contributed by atoms with E-state index in [4.69, 9.17) is 0 Å². The lowest BCUT2D eigenvalue weighted by molar-refractivity contribution is -0.144. The lowest BCUT2D eigenvalue weighted by Gasteiger charge is -2.09. The minimum absolute atomic E-state index is 0.0105. The molecule has 0 fully saturated rings. The van der Waals surface area contributed by atoms with Crippen molar-refractivity contribution in [3.8, 4) is 0 Å². The largest absolute Gasteiger partial charge is 0.451 e. The van der Waals surface area contributed by atoms with E-state index in [1.165, 1.54) is 12.3 Å². The van der Waals surface area contributed by atoms with Crippen LogP contribution in [0.25, 0.3) is 10.9 Å². The number of fused-ring (bicyclic) bond motifs is 1. The third kappa shape index (κ3) is 3.51. The SMILES string of the molecule is Cc1ccc(/C=N/Nc2nc(C(F)(F)F)nc3ccccc23)cc1. The maximum Gasteiger partial charge on any atom is 0.451 e. The Labute approximate surface area is 136 Å². The summed E-state index contributed by atoms with van der Waals surface area (Å²) in [6.45, 7) is 1.96. The van der Waals surface area contributed by atoms with E-state index in [0.29, 0.717) is 5.39 Å². The number of hydrazone groups is 1. The lowest BCUT2D eigenvalue weighted by Crippen LogP contribution is -2.12. The van der Waals surface area contributed by atoms with Crippen LogP contribution in [0, 0.1) is 6.92 Å². The fourth-order valence-electron chi connectivity index (χ4n) is 2.11. The Morgan fingerprint density at radius 3 is 2.42 bits per heavy atom. The molecule has 1 aromatic heterocycles. The number of nitrogens with zero attached hydrogens (tertiary/aromatic N) is 3. The van der Waals surface area contributed by atoms with Gasteiger partial charge in [-0.15, -0.1) is 0 Å².